The summed E-state index contributed by atoms with van der Waals surface area (Å²) in [5, 5.41) is 12.8. The Bertz CT molecular complexity index is 550. The van der Waals surface area contributed by atoms with Crippen LogP contribution in [-0.2, 0) is 0 Å². The van der Waals surface area contributed by atoms with E-state index in [1.807, 2.05) is 0 Å². The third-order valence-corrected chi connectivity index (χ3v) is 2.16. The smallest absolute Gasteiger partial charge is 0.312 e. The molecule has 0 radical (unpaired) electrons. The number of nitrogens with two attached hydrogens (primary N) is 2. The fourth-order valence-corrected chi connectivity index (χ4v) is 1.40. The van der Waals surface area contributed by atoms with Gasteiger partial charge in [0.2, 0.25) is 5.95 Å². The van der Waals surface area contributed by atoms with Crippen LogP contribution in [0.1, 0.15) is 0 Å². The van der Waals surface area contributed by atoms with Crippen LogP contribution in [0.5, 0.6) is 0 Å². The summed E-state index contributed by atoms with van der Waals surface area (Å²) in [5.41, 5.74) is 7.86. The van der Waals surface area contributed by atoms with Gasteiger partial charge in [-0.2, -0.15) is 15.1 Å². The second-order valence-electron chi connectivity index (χ2n) is 3.39. The molecule has 0 unspecified atom stereocenters. The van der Waals surface area contributed by atoms with Crippen LogP contribution in [0.2, 0.25) is 0 Å². The summed E-state index contributed by atoms with van der Waals surface area (Å²) in [6.45, 7) is 0.842. The number of rotatable bonds is 5. The van der Waals surface area contributed by atoms with E-state index < -0.39 is 6.03 Å². The highest BCUT2D eigenvalue weighted by atomic mass is 16.2. The van der Waals surface area contributed by atoms with Gasteiger partial charge in [-0.05, 0) is 0 Å². The highest BCUT2D eigenvalue weighted by molar-refractivity contribution is 5.86. The van der Waals surface area contributed by atoms with Crippen LogP contribution in [0, 0.1) is 0 Å². The number of nitrogen functional groups attached to an aromatic ring is 1. The van der Waals surface area contributed by atoms with Crippen molar-refractivity contribution in [3.8, 4) is 0 Å². The molecule has 8 N–H and O–H groups in total. The first-order chi connectivity index (χ1) is 8.70. The van der Waals surface area contributed by atoms with Crippen LogP contribution < -0.4 is 27.6 Å². The highest BCUT2D eigenvalue weighted by Gasteiger charge is 2.08. The number of fused-ring (bicyclic) bond motifs is 1. The van der Waals surface area contributed by atoms with Crippen molar-refractivity contribution in [2.45, 2.75) is 0 Å². The Morgan fingerprint density at radius 3 is 2.94 bits per heavy atom. The number of aromatic nitrogens is 4. The van der Waals surface area contributed by atoms with E-state index in [0.717, 1.165) is 5.39 Å². The molecule has 18 heavy (non-hydrogen) atoms. The number of hydrogen-bond donors (Lipinski definition) is 6. The number of anilines is 2. The van der Waals surface area contributed by atoms with Gasteiger partial charge in [-0.15, -0.1) is 0 Å². The summed E-state index contributed by atoms with van der Waals surface area (Å²) in [4.78, 5) is 18.7. The first-order valence-corrected chi connectivity index (χ1v) is 5.15. The van der Waals surface area contributed by atoms with Gasteiger partial charge in [-0.3, -0.25) is 10.5 Å². The van der Waals surface area contributed by atoms with Crippen molar-refractivity contribution in [2.24, 2.45) is 11.6 Å². The Hall–Kier alpha value is -2.62. The average Bonchev–Trinajstić information content (AvgIpc) is 2.82. The molecule has 2 aromatic heterocycles. The topological polar surface area (TPSA) is 160 Å². The normalized spacial score (nSPS) is 10.3. The third kappa shape index (κ3) is 2.55. The minimum Gasteiger partial charge on any atom is -0.368 e. The lowest BCUT2D eigenvalue weighted by atomic mass is 10.4. The van der Waals surface area contributed by atoms with Crippen molar-refractivity contribution < 1.29 is 4.79 Å². The molecular formula is C8H13N9O. The summed E-state index contributed by atoms with van der Waals surface area (Å²) >= 11 is 0. The first-order valence-electron chi connectivity index (χ1n) is 5.15. The zero-order chi connectivity index (χ0) is 13.0. The van der Waals surface area contributed by atoms with Crippen LogP contribution in [0.25, 0.3) is 11.0 Å². The molecule has 96 valence electrons. The quantitative estimate of drug-likeness (QED) is 0.219. The molecule has 0 atom stereocenters. The van der Waals surface area contributed by atoms with Crippen LogP contribution in [0.4, 0.5) is 16.6 Å². The fourth-order valence-electron chi connectivity index (χ4n) is 1.40. The number of nitrogens with one attached hydrogen (secondary N) is 4. The van der Waals surface area contributed by atoms with E-state index in [2.05, 4.69) is 36.2 Å². The van der Waals surface area contributed by atoms with Crippen LogP contribution in [-0.4, -0.2) is 39.3 Å². The van der Waals surface area contributed by atoms with E-state index in [-0.39, 0.29) is 5.95 Å². The zero-order valence-corrected chi connectivity index (χ0v) is 9.40. The molecule has 2 heterocycles. The molecule has 0 saturated carbocycles. The lowest BCUT2D eigenvalue weighted by Crippen LogP contribution is -2.33. The number of nitrogens with zero attached hydrogens (tertiary/aromatic N) is 3. The zero-order valence-electron chi connectivity index (χ0n) is 9.40. The van der Waals surface area contributed by atoms with Crippen molar-refractivity contribution >= 4 is 28.8 Å². The van der Waals surface area contributed by atoms with Gasteiger partial charge in [0, 0.05) is 13.1 Å². The predicted octanol–water partition coefficient (Wildman–Crippen LogP) is -1.28. The molecule has 0 saturated heterocycles. The molecule has 0 spiro atoms. The summed E-state index contributed by atoms with van der Waals surface area (Å²) in [5.74, 6) is 6.09. The molecule has 2 amide bonds. The molecule has 2 aromatic rings. The monoisotopic (exact) mass is 251 g/mol. The molecule has 0 aliphatic carbocycles. The number of hydrogen-bond acceptors (Lipinski definition) is 7. The SMILES string of the molecule is NNc1nc(NCCNC(N)=O)c2cn[nH]c2n1. The van der Waals surface area contributed by atoms with Gasteiger partial charge >= 0.3 is 6.03 Å². The molecule has 10 heteroatoms. The summed E-state index contributed by atoms with van der Waals surface area (Å²) in [6.07, 6.45) is 1.60. The predicted molar refractivity (Wildman–Crippen MR) is 65.6 cm³/mol. The van der Waals surface area contributed by atoms with Crippen LogP contribution in [0.15, 0.2) is 6.20 Å². The van der Waals surface area contributed by atoms with E-state index in [1.165, 1.54) is 0 Å². The van der Waals surface area contributed by atoms with E-state index >= 15 is 0 Å². The molecular weight excluding hydrogens is 238 g/mol. The van der Waals surface area contributed by atoms with Crippen molar-refractivity contribution in [3.63, 3.8) is 0 Å². The van der Waals surface area contributed by atoms with Crippen LogP contribution in [0.3, 0.4) is 0 Å². The Labute approximate surface area is 102 Å². The molecule has 0 fully saturated rings. The van der Waals surface area contributed by atoms with E-state index in [0.29, 0.717) is 24.6 Å². The first kappa shape index (κ1) is 11.9. The van der Waals surface area contributed by atoms with Gasteiger partial charge in [-0.1, -0.05) is 0 Å². The highest BCUT2D eigenvalue weighted by Crippen LogP contribution is 2.18. The Morgan fingerprint density at radius 2 is 2.22 bits per heavy atom. The molecule has 0 aromatic carbocycles. The van der Waals surface area contributed by atoms with Gasteiger partial charge in [0.1, 0.15) is 5.82 Å². The van der Waals surface area contributed by atoms with Gasteiger partial charge in [0.25, 0.3) is 0 Å². The number of urea groups is 1. The second-order valence-corrected chi connectivity index (χ2v) is 3.39. The van der Waals surface area contributed by atoms with E-state index in [1.54, 1.807) is 6.20 Å². The summed E-state index contributed by atoms with van der Waals surface area (Å²) < 4.78 is 0. The van der Waals surface area contributed by atoms with E-state index in [9.17, 15) is 4.79 Å². The lowest BCUT2D eigenvalue weighted by molar-refractivity contribution is 0.249. The molecule has 0 aliphatic heterocycles. The Morgan fingerprint density at radius 1 is 1.39 bits per heavy atom. The minimum absolute atomic E-state index is 0.261. The maximum Gasteiger partial charge on any atom is 0.312 e. The van der Waals surface area contributed by atoms with Gasteiger partial charge in [-0.25, -0.2) is 10.6 Å². The Kier molecular flexibility index (Phi) is 3.38. The third-order valence-electron chi connectivity index (χ3n) is 2.16. The Balaban J connectivity index is 2.10. The van der Waals surface area contributed by atoms with Gasteiger partial charge in [0.15, 0.2) is 5.65 Å². The number of H-pyrrole nitrogens is 1. The van der Waals surface area contributed by atoms with Crippen molar-refractivity contribution in [1.82, 2.24) is 25.5 Å². The largest absolute Gasteiger partial charge is 0.368 e. The number of primary amides is 1. The molecule has 10 nitrogen and oxygen atoms in total. The van der Waals surface area contributed by atoms with Crippen molar-refractivity contribution in [3.05, 3.63) is 6.20 Å². The number of carbonyl (C=O) groups is 1. The van der Waals surface area contributed by atoms with Crippen LogP contribution >= 0.6 is 0 Å². The standard InChI is InChI=1S/C8H13N9O/c9-7(18)12-2-1-11-5-4-3-13-17-6(4)15-8(14-5)16-10/h3H,1-2,10H2,(H3,9,12,18)(H3,11,13,14,15,16,17). The van der Waals surface area contributed by atoms with Gasteiger partial charge < -0.3 is 16.4 Å². The molecule has 0 aliphatic rings. The molecule has 0 bridgehead atoms. The average molecular weight is 251 g/mol. The minimum atomic E-state index is -0.572. The lowest BCUT2D eigenvalue weighted by Gasteiger charge is -2.08. The number of carbonyl (C=O) groups excluding carboxylic acids is 1. The number of amides is 2. The van der Waals surface area contributed by atoms with E-state index in [4.69, 9.17) is 11.6 Å². The maximum absolute atomic E-state index is 10.5. The fraction of sp³-hybridized carbons (Fsp3) is 0.250. The van der Waals surface area contributed by atoms with Crippen molar-refractivity contribution in [1.29, 1.82) is 0 Å². The summed E-state index contributed by atoms with van der Waals surface area (Å²) in [7, 11) is 0. The maximum atomic E-state index is 10.5. The summed E-state index contributed by atoms with van der Waals surface area (Å²) in [6, 6.07) is -0.572. The van der Waals surface area contributed by atoms with Gasteiger partial charge in [0.05, 0.1) is 11.6 Å². The number of hydrazine groups is 1. The van der Waals surface area contributed by atoms with Crippen molar-refractivity contribution in [2.75, 3.05) is 23.8 Å². The number of aromatic amines is 1. The second kappa shape index (κ2) is 5.14. The molecule has 2 rings (SSSR count).